The summed E-state index contributed by atoms with van der Waals surface area (Å²) < 4.78 is 5.18. The molecule has 0 aliphatic heterocycles. The molecule has 0 bridgehead atoms. The number of carbonyl (C=O) groups excluding carboxylic acids is 1. The van der Waals surface area contributed by atoms with Crippen LogP contribution in [0.1, 0.15) is 11.1 Å². The van der Waals surface area contributed by atoms with E-state index in [9.17, 15) is 4.79 Å². The summed E-state index contributed by atoms with van der Waals surface area (Å²) >= 11 is 5.92. The minimum atomic E-state index is -0.239. The van der Waals surface area contributed by atoms with Crippen LogP contribution >= 0.6 is 11.6 Å². The van der Waals surface area contributed by atoms with Gasteiger partial charge in [-0.2, -0.15) is 0 Å². The molecule has 0 aliphatic carbocycles. The highest BCUT2D eigenvalue weighted by atomic mass is 35.5. The lowest BCUT2D eigenvalue weighted by Crippen LogP contribution is -2.08. The fraction of sp³-hybridized carbons (Fsp3) is 0.118. The Morgan fingerprint density at radius 3 is 2.76 bits per heavy atom. The zero-order valence-electron chi connectivity index (χ0n) is 11.9. The molecular formula is C17H16ClNO2. The average molecular weight is 302 g/mol. The minimum absolute atomic E-state index is 0.239. The quantitative estimate of drug-likeness (QED) is 0.855. The number of hydrogen-bond donors (Lipinski definition) is 1. The van der Waals surface area contributed by atoms with Gasteiger partial charge in [-0.15, -0.1) is 0 Å². The van der Waals surface area contributed by atoms with Crippen LogP contribution in [0.5, 0.6) is 5.75 Å². The Kier molecular flexibility index (Phi) is 5.01. The molecule has 2 aromatic rings. The van der Waals surface area contributed by atoms with Crippen molar-refractivity contribution in [2.75, 3.05) is 12.4 Å². The predicted molar refractivity (Wildman–Crippen MR) is 86.8 cm³/mol. The second-order valence-corrected chi connectivity index (χ2v) is 5.02. The van der Waals surface area contributed by atoms with Gasteiger partial charge in [-0.25, -0.2) is 0 Å². The Morgan fingerprint density at radius 2 is 2.05 bits per heavy atom. The molecule has 0 spiro atoms. The highest BCUT2D eigenvalue weighted by Gasteiger charge is 2.06. The maximum atomic E-state index is 12.0. The summed E-state index contributed by atoms with van der Waals surface area (Å²) in [7, 11) is 1.54. The molecule has 0 aliphatic rings. The number of ether oxygens (including phenoxy) is 1. The Bertz CT molecular complexity index is 680. The van der Waals surface area contributed by atoms with Gasteiger partial charge in [0.05, 0.1) is 12.8 Å². The van der Waals surface area contributed by atoms with Crippen LogP contribution in [0.15, 0.2) is 48.5 Å². The van der Waals surface area contributed by atoms with Crippen molar-refractivity contribution in [3.05, 3.63) is 64.7 Å². The van der Waals surface area contributed by atoms with E-state index in [1.807, 2.05) is 31.2 Å². The number of benzene rings is 2. The van der Waals surface area contributed by atoms with E-state index in [-0.39, 0.29) is 5.91 Å². The molecule has 0 aromatic heterocycles. The molecule has 0 atom stereocenters. The average Bonchev–Trinajstić information content (AvgIpc) is 2.45. The second-order valence-electron chi connectivity index (χ2n) is 4.58. The first-order chi connectivity index (χ1) is 10.1. The van der Waals surface area contributed by atoms with E-state index < -0.39 is 0 Å². The van der Waals surface area contributed by atoms with E-state index in [4.69, 9.17) is 16.3 Å². The number of carbonyl (C=O) groups is 1. The molecule has 3 nitrogen and oxygen atoms in total. The molecule has 108 valence electrons. The number of methoxy groups -OCH3 is 1. The molecule has 0 saturated carbocycles. The third kappa shape index (κ3) is 4.36. The van der Waals surface area contributed by atoms with E-state index in [0.717, 1.165) is 11.1 Å². The molecule has 0 heterocycles. The fourth-order valence-corrected chi connectivity index (χ4v) is 2.07. The van der Waals surface area contributed by atoms with Crippen molar-refractivity contribution in [3.63, 3.8) is 0 Å². The molecule has 0 radical (unpaired) electrons. The first-order valence-electron chi connectivity index (χ1n) is 6.48. The summed E-state index contributed by atoms with van der Waals surface area (Å²) in [5, 5.41) is 3.29. The van der Waals surface area contributed by atoms with Gasteiger partial charge in [0.25, 0.3) is 0 Å². The van der Waals surface area contributed by atoms with Crippen LogP contribution in [0.4, 0.5) is 5.69 Å². The largest absolute Gasteiger partial charge is 0.495 e. The highest BCUT2D eigenvalue weighted by molar-refractivity contribution is 6.31. The molecule has 1 N–H and O–H groups in total. The monoisotopic (exact) mass is 301 g/mol. The Balaban J connectivity index is 2.10. The number of hydrogen-bond acceptors (Lipinski definition) is 2. The van der Waals surface area contributed by atoms with Crippen molar-refractivity contribution < 1.29 is 9.53 Å². The highest BCUT2D eigenvalue weighted by Crippen LogP contribution is 2.27. The summed E-state index contributed by atoms with van der Waals surface area (Å²) in [6.07, 6.45) is 3.24. The lowest BCUT2D eigenvalue weighted by Gasteiger charge is -2.08. The third-order valence-corrected chi connectivity index (χ3v) is 3.12. The van der Waals surface area contributed by atoms with Gasteiger partial charge in [-0.1, -0.05) is 41.4 Å². The second kappa shape index (κ2) is 6.95. The van der Waals surface area contributed by atoms with E-state index in [1.165, 1.54) is 6.08 Å². The van der Waals surface area contributed by atoms with Crippen LogP contribution in [0.3, 0.4) is 0 Å². The van der Waals surface area contributed by atoms with Crippen molar-refractivity contribution in [1.29, 1.82) is 0 Å². The lowest BCUT2D eigenvalue weighted by atomic mass is 10.1. The third-order valence-electron chi connectivity index (χ3n) is 2.89. The smallest absolute Gasteiger partial charge is 0.248 e. The molecule has 0 fully saturated rings. The molecule has 4 heteroatoms. The Morgan fingerprint density at radius 1 is 1.24 bits per heavy atom. The van der Waals surface area contributed by atoms with Crippen LogP contribution in [-0.2, 0) is 4.79 Å². The van der Waals surface area contributed by atoms with Crippen molar-refractivity contribution in [2.45, 2.75) is 6.92 Å². The van der Waals surface area contributed by atoms with Gasteiger partial charge < -0.3 is 10.1 Å². The van der Waals surface area contributed by atoms with Crippen molar-refractivity contribution in [2.24, 2.45) is 0 Å². The van der Waals surface area contributed by atoms with E-state index in [1.54, 1.807) is 31.4 Å². The summed E-state index contributed by atoms with van der Waals surface area (Å²) in [5.74, 6) is 0.328. The van der Waals surface area contributed by atoms with E-state index in [2.05, 4.69) is 5.32 Å². The van der Waals surface area contributed by atoms with Crippen LogP contribution in [0, 0.1) is 6.92 Å². The van der Waals surface area contributed by atoms with Crippen LogP contribution in [-0.4, -0.2) is 13.0 Å². The molecule has 2 aromatic carbocycles. The fourth-order valence-electron chi connectivity index (χ4n) is 1.90. The number of rotatable bonds is 4. The van der Waals surface area contributed by atoms with Gasteiger partial charge in [0.2, 0.25) is 5.91 Å². The summed E-state index contributed by atoms with van der Waals surface area (Å²) in [6, 6.07) is 13.0. The Labute approximate surface area is 129 Å². The topological polar surface area (TPSA) is 38.3 Å². The molecule has 2 rings (SSSR count). The van der Waals surface area contributed by atoms with E-state index in [0.29, 0.717) is 16.5 Å². The van der Waals surface area contributed by atoms with Gasteiger partial charge in [0.15, 0.2) is 0 Å². The standard InChI is InChI=1S/C17H16ClNO2/c1-12-4-3-5-13(10-12)6-9-17(20)19-15-11-14(18)7-8-16(15)21-2/h3-11H,1-2H3,(H,19,20)/b9-6+. The normalized spacial score (nSPS) is 10.6. The molecule has 0 unspecified atom stereocenters. The van der Waals surface area contributed by atoms with Crippen LogP contribution in [0.25, 0.3) is 6.08 Å². The van der Waals surface area contributed by atoms with E-state index >= 15 is 0 Å². The Hall–Kier alpha value is -2.26. The van der Waals surface area contributed by atoms with Gasteiger partial charge in [0.1, 0.15) is 5.75 Å². The first-order valence-corrected chi connectivity index (χ1v) is 6.85. The maximum Gasteiger partial charge on any atom is 0.248 e. The number of amides is 1. The molecular weight excluding hydrogens is 286 g/mol. The summed E-state index contributed by atoms with van der Waals surface area (Å²) in [6.45, 7) is 2.01. The molecule has 1 amide bonds. The minimum Gasteiger partial charge on any atom is -0.495 e. The van der Waals surface area contributed by atoms with Crippen LogP contribution < -0.4 is 10.1 Å². The van der Waals surface area contributed by atoms with Crippen molar-refractivity contribution >= 4 is 29.3 Å². The van der Waals surface area contributed by atoms with Gasteiger partial charge in [0, 0.05) is 11.1 Å². The lowest BCUT2D eigenvalue weighted by molar-refractivity contribution is -0.111. The predicted octanol–water partition coefficient (Wildman–Crippen LogP) is 4.31. The molecule has 21 heavy (non-hydrogen) atoms. The molecule has 0 saturated heterocycles. The van der Waals surface area contributed by atoms with Gasteiger partial charge in [-0.3, -0.25) is 4.79 Å². The summed E-state index contributed by atoms with van der Waals surface area (Å²) in [5.41, 5.74) is 2.67. The van der Waals surface area contributed by atoms with Crippen molar-refractivity contribution in [1.82, 2.24) is 0 Å². The number of nitrogens with one attached hydrogen (secondary N) is 1. The van der Waals surface area contributed by atoms with Crippen LogP contribution in [0.2, 0.25) is 5.02 Å². The van der Waals surface area contributed by atoms with Gasteiger partial charge in [-0.05, 0) is 36.8 Å². The van der Waals surface area contributed by atoms with Crippen molar-refractivity contribution in [3.8, 4) is 5.75 Å². The zero-order chi connectivity index (χ0) is 15.2. The maximum absolute atomic E-state index is 12.0. The number of anilines is 1. The zero-order valence-corrected chi connectivity index (χ0v) is 12.6. The number of halogens is 1. The number of aryl methyl sites for hydroxylation is 1. The SMILES string of the molecule is COc1ccc(Cl)cc1NC(=O)/C=C/c1cccc(C)c1. The van der Waals surface area contributed by atoms with Gasteiger partial charge >= 0.3 is 0 Å². The summed E-state index contributed by atoms with van der Waals surface area (Å²) in [4.78, 5) is 12.0. The first kappa shape index (κ1) is 15.1.